The van der Waals surface area contributed by atoms with E-state index in [0.29, 0.717) is 0 Å². The van der Waals surface area contributed by atoms with Crippen molar-refractivity contribution in [1.29, 1.82) is 0 Å². The van der Waals surface area contributed by atoms with Crippen molar-refractivity contribution in [1.82, 2.24) is 0 Å². The van der Waals surface area contributed by atoms with Crippen LogP contribution in [0.5, 0.6) is 0 Å². The average Bonchev–Trinajstić information content (AvgIpc) is 1.35. The van der Waals surface area contributed by atoms with Gasteiger partial charge in [0.1, 0.15) is 0 Å². The monoisotopic (exact) mass is 204 g/mol. The summed E-state index contributed by atoms with van der Waals surface area (Å²) in [6.45, 7) is 9.12. The van der Waals surface area contributed by atoms with Crippen molar-refractivity contribution in [2.75, 3.05) is 0 Å². The summed E-state index contributed by atoms with van der Waals surface area (Å²) < 4.78 is 0. The van der Waals surface area contributed by atoms with E-state index in [0.717, 1.165) is 0 Å². The first-order valence-corrected chi connectivity index (χ1v) is 5.94. The molecule has 0 aromatic heterocycles. The molecule has 1 radical (unpaired) electrons. The molecular weight excluding hydrogens is 191 g/mol. The minimum absolute atomic E-state index is 0. The minimum Gasteiger partial charge on any atom is -0.331 e. The summed E-state index contributed by atoms with van der Waals surface area (Å²) in [5.41, 5.74) is 0. The molecule has 0 N–H and O–H groups in total. The van der Waals surface area contributed by atoms with Crippen molar-refractivity contribution in [2.45, 2.75) is 26.6 Å². The van der Waals surface area contributed by atoms with Gasteiger partial charge in [-0.25, -0.2) is 0 Å². The van der Waals surface area contributed by atoms with Crippen molar-refractivity contribution in [3.8, 4) is 0 Å². The maximum absolute atomic E-state index is 2.33. The molecule has 0 aromatic carbocycles. The number of rotatable bonds is 1. The van der Waals surface area contributed by atoms with Gasteiger partial charge in [-0.3, -0.25) is 0 Å². The van der Waals surface area contributed by atoms with Crippen molar-refractivity contribution in [3.63, 3.8) is 0 Å². The number of hydrogen-bond donors (Lipinski definition) is 0. The van der Waals surface area contributed by atoms with Crippen molar-refractivity contribution in [2.24, 2.45) is 0 Å². The Hall–Kier alpha value is 0.840. The van der Waals surface area contributed by atoms with Gasteiger partial charge < -0.3 is 6.04 Å². The molecular formula is C5H13RhSi-. The van der Waals surface area contributed by atoms with E-state index in [9.17, 15) is 0 Å². The van der Waals surface area contributed by atoms with Crippen LogP contribution in [0, 0.1) is 6.04 Å². The van der Waals surface area contributed by atoms with E-state index in [1.165, 1.54) is 0 Å². The molecule has 0 nitrogen and oxygen atoms in total. The predicted molar refractivity (Wildman–Crippen MR) is 33.3 cm³/mol. The molecule has 0 spiro atoms. The molecule has 0 fully saturated rings. The zero-order chi connectivity index (χ0) is 5.21. The molecule has 0 bridgehead atoms. The summed E-state index contributed by atoms with van der Waals surface area (Å²) in [5, 5.41) is 0. The van der Waals surface area contributed by atoms with Crippen LogP contribution in [0.3, 0.4) is 0 Å². The van der Waals surface area contributed by atoms with Crippen LogP contribution in [0.1, 0.15) is 6.92 Å². The summed E-state index contributed by atoms with van der Waals surface area (Å²) >= 11 is 0. The van der Waals surface area contributed by atoms with Crippen LogP contribution in [0.25, 0.3) is 0 Å². The Morgan fingerprint density at radius 2 is 1.29 bits per heavy atom. The summed E-state index contributed by atoms with van der Waals surface area (Å²) in [7, 11) is -0.756. The zero-order valence-electron chi connectivity index (χ0n) is 5.41. The van der Waals surface area contributed by atoms with Crippen LogP contribution in [-0.4, -0.2) is 8.07 Å². The summed E-state index contributed by atoms with van der Waals surface area (Å²) in [6.07, 6.45) is 0. The fourth-order valence-electron chi connectivity index (χ4n) is 0. The van der Waals surface area contributed by atoms with E-state index >= 15 is 0 Å². The molecule has 0 atom stereocenters. The molecule has 47 valence electrons. The fraction of sp³-hybridized carbons (Fsp3) is 0.800. The molecule has 0 aromatic rings. The molecule has 0 aliphatic heterocycles. The standard InChI is InChI=1S/C5H13Si.Rh/c1-5-6(2,3)4;/h5H,1-4H3;/q-1;. The van der Waals surface area contributed by atoms with E-state index in [2.05, 4.69) is 32.6 Å². The van der Waals surface area contributed by atoms with Crippen LogP contribution in [0.2, 0.25) is 19.6 Å². The summed E-state index contributed by atoms with van der Waals surface area (Å²) in [4.78, 5) is 0. The fourth-order valence-corrected chi connectivity index (χ4v) is 0. The normalized spacial score (nSPS) is 10.3. The van der Waals surface area contributed by atoms with Gasteiger partial charge in [-0.2, -0.15) is 6.92 Å². The summed E-state index contributed by atoms with van der Waals surface area (Å²) in [6, 6.07) is 2.33. The molecule has 0 aliphatic rings. The third kappa shape index (κ3) is 10.9. The second kappa shape index (κ2) is 3.80. The van der Waals surface area contributed by atoms with Crippen LogP contribution in [0.15, 0.2) is 0 Å². The second-order valence-electron chi connectivity index (χ2n) is 2.65. The molecule has 0 aliphatic carbocycles. The van der Waals surface area contributed by atoms with E-state index in [1.807, 2.05) is 0 Å². The van der Waals surface area contributed by atoms with Gasteiger partial charge in [-0.1, -0.05) is 19.6 Å². The van der Waals surface area contributed by atoms with Crippen molar-refractivity contribution >= 4 is 8.07 Å². The van der Waals surface area contributed by atoms with E-state index in [1.54, 1.807) is 0 Å². The van der Waals surface area contributed by atoms with Gasteiger partial charge in [0.2, 0.25) is 0 Å². The Kier molecular flexibility index (Phi) is 5.83. The first kappa shape index (κ1) is 10.8. The molecule has 0 saturated heterocycles. The third-order valence-electron chi connectivity index (χ3n) is 0.866. The molecule has 0 heterocycles. The van der Waals surface area contributed by atoms with Gasteiger partial charge in [0.05, 0.1) is 0 Å². The van der Waals surface area contributed by atoms with E-state index in [4.69, 9.17) is 0 Å². The predicted octanol–water partition coefficient (Wildman–Crippen LogP) is 2.09. The van der Waals surface area contributed by atoms with E-state index < -0.39 is 8.07 Å². The van der Waals surface area contributed by atoms with Gasteiger partial charge in [0.25, 0.3) is 0 Å². The Morgan fingerprint density at radius 1 is 1.14 bits per heavy atom. The van der Waals surface area contributed by atoms with Gasteiger partial charge in [-0.15, -0.1) is 8.07 Å². The van der Waals surface area contributed by atoms with Crippen molar-refractivity contribution < 1.29 is 19.5 Å². The molecule has 0 amide bonds. The first-order valence-electron chi connectivity index (χ1n) is 2.37. The van der Waals surface area contributed by atoms with Crippen LogP contribution in [0.4, 0.5) is 0 Å². The van der Waals surface area contributed by atoms with Crippen LogP contribution < -0.4 is 0 Å². The summed E-state index contributed by atoms with van der Waals surface area (Å²) in [5.74, 6) is 0. The van der Waals surface area contributed by atoms with Crippen LogP contribution in [-0.2, 0) is 19.5 Å². The molecule has 7 heavy (non-hydrogen) atoms. The third-order valence-corrected chi connectivity index (χ3v) is 2.60. The molecule has 0 unspecified atom stereocenters. The van der Waals surface area contributed by atoms with Crippen molar-refractivity contribution in [3.05, 3.63) is 6.04 Å². The Morgan fingerprint density at radius 3 is 1.29 bits per heavy atom. The molecule has 0 rings (SSSR count). The largest absolute Gasteiger partial charge is 0.331 e. The average molecular weight is 204 g/mol. The minimum atomic E-state index is -0.756. The zero-order valence-corrected chi connectivity index (χ0v) is 8.05. The first-order chi connectivity index (χ1) is 2.56. The van der Waals surface area contributed by atoms with Crippen LogP contribution >= 0.6 is 0 Å². The van der Waals surface area contributed by atoms with Gasteiger partial charge in [-0.05, 0) is 0 Å². The smallest absolute Gasteiger partial charge is 0 e. The van der Waals surface area contributed by atoms with Gasteiger partial charge >= 0.3 is 0 Å². The maximum Gasteiger partial charge on any atom is 0 e. The molecule has 2 heteroatoms. The maximum atomic E-state index is 2.33. The topological polar surface area (TPSA) is 0 Å². The SMILES string of the molecule is C[CH-][Si](C)(C)C.[Rh]. The quantitative estimate of drug-likeness (QED) is 0.453. The Bertz CT molecular complexity index is 37.8. The second-order valence-corrected chi connectivity index (χ2v) is 7.96. The van der Waals surface area contributed by atoms with Gasteiger partial charge in [0, 0.05) is 19.5 Å². The van der Waals surface area contributed by atoms with E-state index in [-0.39, 0.29) is 19.5 Å². The van der Waals surface area contributed by atoms with Gasteiger partial charge in [0.15, 0.2) is 0 Å². The Labute approximate surface area is 60.5 Å². The number of hydrogen-bond acceptors (Lipinski definition) is 0. The Balaban J connectivity index is 0. The molecule has 0 saturated carbocycles.